The lowest BCUT2D eigenvalue weighted by atomic mass is 9.93. The van der Waals surface area contributed by atoms with E-state index in [2.05, 4.69) is 0 Å². The zero-order valence-corrected chi connectivity index (χ0v) is 11.8. The summed E-state index contributed by atoms with van der Waals surface area (Å²) in [6.45, 7) is 3.16. The summed E-state index contributed by atoms with van der Waals surface area (Å²) >= 11 is 0. The van der Waals surface area contributed by atoms with Crippen molar-refractivity contribution in [3.63, 3.8) is 0 Å². The molecule has 0 spiro atoms. The van der Waals surface area contributed by atoms with Gasteiger partial charge in [0.05, 0.1) is 27.7 Å². The highest BCUT2D eigenvalue weighted by atomic mass is 32.2. The van der Waals surface area contributed by atoms with Gasteiger partial charge in [-0.3, -0.25) is 0 Å². The molecule has 0 aliphatic heterocycles. The Hall–Kier alpha value is -1.55. The summed E-state index contributed by atoms with van der Waals surface area (Å²) in [7, 11) is -3.84. The van der Waals surface area contributed by atoms with E-state index in [1.165, 1.54) is 0 Å². The number of nitrogens with zero attached hydrogens (tertiary/aromatic N) is 1. The highest BCUT2D eigenvalue weighted by Gasteiger charge is 2.32. The highest BCUT2D eigenvalue weighted by molar-refractivity contribution is 7.91. The monoisotopic (exact) mass is 305 g/mol. The Balaban J connectivity index is 3.03. The second-order valence-electron chi connectivity index (χ2n) is 5.09. The Morgan fingerprint density at radius 2 is 1.85 bits per heavy atom. The molecule has 0 saturated carbocycles. The van der Waals surface area contributed by atoms with Crippen molar-refractivity contribution >= 4 is 9.84 Å². The molecule has 20 heavy (non-hydrogen) atoms. The molecule has 0 fully saturated rings. The van der Waals surface area contributed by atoms with Crippen LogP contribution in [0.3, 0.4) is 0 Å². The molecule has 0 aromatic heterocycles. The third kappa shape index (κ3) is 4.23. The number of benzene rings is 1. The summed E-state index contributed by atoms with van der Waals surface area (Å²) in [6.07, 6.45) is -4.53. The lowest BCUT2D eigenvalue weighted by molar-refractivity contribution is -0.137. The third-order valence-corrected chi connectivity index (χ3v) is 4.53. The predicted molar refractivity (Wildman–Crippen MR) is 67.5 cm³/mol. The molecule has 0 unspecified atom stereocenters. The second-order valence-corrected chi connectivity index (χ2v) is 7.20. The molecule has 0 aliphatic rings. The van der Waals surface area contributed by atoms with Crippen LogP contribution in [0.1, 0.15) is 25.8 Å². The van der Waals surface area contributed by atoms with Gasteiger partial charge in [-0.1, -0.05) is 6.07 Å². The van der Waals surface area contributed by atoms with Crippen LogP contribution in [0.25, 0.3) is 0 Å². The lowest BCUT2D eigenvalue weighted by Gasteiger charge is -2.15. The first-order valence-corrected chi connectivity index (χ1v) is 7.44. The predicted octanol–water partition coefficient (Wildman–Crippen LogP) is 3.42. The molecule has 0 radical (unpaired) electrons. The molecule has 1 rings (SSSR count). The smallest absolute Gasteiger partial charge is 0.224 e. The molecule has 0 saturated heterocycles. The fraction of sp³-hybridized carbons (Fsp3) is 0.462. The van der Waals surface area contributed by atoms with E-state index < -0.39 is 27.0 Å². The van der Waals surface area contributed by atoms with Crippen LogP contribution >= 0.6 is 0 Å². The van der Waals surface area contributed by atoms with E-state index in [-0.39, 0.29) is 17.1 Å². The third-order valence-electron chi connectivity index (χ3n) is 2.82. The summed E-state index contributed by atoms with van der Waals surface area (Å²) < 4.78 is 61.6. The molecular weight excluding hydrogens is 291 g/mol. The SMILES string of the molecule is CC(C)(C#N)CCS(=O)(=O)c1cccc(C(F)(F)F)c1. The summed E-state index contributed by atoms with van der Waals surface area (Å²) in [5.41, 5.74) is -1.84. The maximum absolute atomic E-state index is 12.5. The average Bonchev–Trinajstić information content (AvgIpc) is 2.36. The van der Waals surface area contributed by atoms with E-state index in [0.717, 1.165) is 18.2 Å². The molecule has 0 aliphatic carbocycles. The van der Waals surface area contributed by atoms with E-state index >= 15 is 0 Å². The number of alkyl halides is 3. The van der Waals surface area contributed by atoms with E-state index in [9.17, 15) is 21.6 Å². The van der Waals surface area contributed by atoms with Crippen LogP contribution in [-0.4, -0.2) is 14.2 Å². The van der Waals surface area contributed by atoms with Crippen molar-refractivity contribution in [1.29, 1.82) is 5.26 Å². The van der Waals surface area contributed by atoms with E-state index in [0.29, 0.717) is 6.07 Å². The summed E-state index contributed by atoms with van der Waals surface area (Å²) in [4.78, 5) is -0.374. The summed E-state index contributed by atoms with van der Waals surface area (Å²) in [6, 6.07) is 5.58. The minimum absolute atomic E-state index is 0.0576. The van der Waals surface area contributed by atoms with Crippen LogP contribution < -0.4 is 0 Å². The van der Waals surface area contributed by atoms with Crippen LogP contribution in [-0.2, 0) is 16.0 Å². The van der Waals surface area contributed by atoms with Gasteiger partial charge in [0.25, 0.3) is 0 Å². The van der Waals surface area contributed by atoms with Gasteiger partial charge in [0.1, 0.15) is 0 Å². The summed E-state index contributed by atoms with van der Waals surface area (Å²) in [5.74, 6) is -0.366. The van der Waals surface area contributed by atoms with Gasteiger partial charge in [0.2, 0.25) is 0 Å². The molecule has 0 bridgehead atoms. The van der Waals surface area contributed by atoms with Crippen molar-refractivity contribution in [1.82, 2.24) is 0 Å². The standard InChI is InChI=1S/C13H14F3NO2S/c1-12(2,9-17)6-7-20(18,19)11-5-3-4-10(8-11)13(14,15)16/h3-5,8H,6-7H2,1-2H3. The number of hydrogen-bond acceptors (Lipinski definition) is 3. The first-order valence-electron chi connectivity index (χ1n) is 5.79. The first-order chi connectivity index (χ1) is 8.98. The number of sulfone groups is 1. The van der Waals surface area contributed by atoms with Gasteiger partial charge in [-0.15, -0.1) is 0 Å². The van der Waals surface area contributed by atoms with Crippen LogP contribution in [0.5, 0.6) is 0 Å². The normalized spacial score (nSPS) is 13.0. The van der Waals surface area contributed by atoms with Gasteiger partial charge in [0, 0.05) is 0 Å². The van der Waals surface area contributed by atoms with Crippen LogP contribution in [0, 0.1) is 16.7 Å². The van der Waals surface area contributed by atoms with Crippen molar-refractivity contribution in [2.24, 2.45) is 5.41 Å². The average molecular weight is 305 g/mol. The number of halogens is 3. The Bertz CT molecular complexity index is 628. The number of hydrogen-bond donors (Lipinski definition) is 0. The van der Waals surface area contributed by atoms with Crippen LogP contribution in [0.2, 0.25) is 0 Å². The van der Waals surface area contributed by atoms with E-state index in [1.54, 1.807) is 13.8 Å². The van der Waals surface area contributed by atoms with Gasteiger partial charge < -0.3 is 0 Å². The molecule has 0 amide bonds. The molecule has 110 valence electrons. The quantitative estimate of drug-likeness (QED) is 0.856. The zero-order valence-electron chi connectivity index (χ0n) is 11.0. The van der Waals surface area contributed by atoms with Crippen LogP contribution in [0.4, 0.5) is 13.2 Å². The number of nitriles is 1. The molecule has 1 aromatic rings. The molecular formula is C13H14F3NO2S. The Morgan fingerprint density at radius 1 is 1.25 bits per heavy atom. The topological polar surface area (TPSA) is 57.9 Å². The van der Waals surface area contributed by atoms with Gasteiger partial charge in [-0.2, -0.15) is 18.4 Å². The fourth-order valence-corrected chi connectivity index (χ4v) is 3.04. The van der Waals surface area contributed by atoms with Crippen molar-refractivity contribution in [3.8, 4) is 6.07 Å². The fourth-order valence-electron chi connectivity index (χ4n) is 1.43. The van der Waals surface area contributed by atoms with Gasteiger partial charge in [-0.05, 0) is 38.5 Å². The van der Waals surface area contributed by atoms with E-state index in [4.69, 9.17) is 5.26 Å². The molecule has 7 heteroatoms. The molecule has 0 heterocycles. The Labute approximate surface area is 116 Å². The lowest BCUT2D eigenvalue weighted by Crippen LogP contribution is -2.17. The molecule has 3 nitrogen and oxygen atoms in total. The van der Waals surface area contributed by atoms with Gasteiger partial charge >= 0.3 is 6.18 Å². The molecule has 0 N–H and O–H groups in total. The molecule has 0 atom stereocenters. The van der Waals surface area contributed by atoms with Crippen molar-refractivity contribution < 1.29 is 21.6 Å². The second kappa shape index (κ2) is 5.44. The van der Waals surface area contributed by atoms with Gasteiger partial charge in [0.15, 0.2) is 9.84 Å². The first kappa shape index (κ1) is 16.5. The zero-order chi connectivity index (χ0) is 15.6. The highest BCUT2D eigenvalue weighted by Crippen LogP contribution is 2.31. The maximum atomic E-state index is 12.5. The van der Waals surface area contributed by atoms with E-state index in [1.807, 2.05) is 6.07 Å². The van der Waals surface area contributed by atoms with Crippen LogP contribution in [0.15, 0.2) is 29.2 Å². The van der Waals surface area contributed by atoms with Crippen molar-refractivity contribution in [3.05, 3.63) is 29.8 Å². The Morgan fingerprint density at radius 3 is 2.35 bits per heavy atom. The minimum atomic E-state index is -4.59. The summed E-state index contributed by atoms with van der Waals surface area (Å²) in [5, 5.41) is 8.82. The molecule has 1 aromatic carbocycles. The Kier molecular flexibility index (Phi) is 4.49. The minimum Gasteiger partial charge on any atom is -0.224 e. The van der Waals surface area contributed by atoms with Crippen molar-refractivity contribution in [2.75, 3.05) is 5.75 Å². The maximum Gasteiger partial charge on any atom is 0.416 e. The largest absolute Gasteiger partial charge is 0.416 e. The number of rotatable bonds is 4. The van der Waals surface area contributed by atoms with Gasteiger partial charge in [-0.25, -0.2) is 8.42 Å². The van der Waals surface area contributed by atoms with Crippen molar-refractivity contribution in [2.45, 2.75) is 31.3 Å².